The summed E-state index contributed by atoms with van der Waals surface area (Å²) >= 11 is -2.07. The number of anilines is 2. The molecule has 2 aromatic carbocycles. The molecule has 0 saturated heterocycles. The third-order valence-corrected chi connectivity index (χ3v) is 4.28. The van der Waals surface area contributed by atoms with Gasteiger partial charge in [-0.2, -0.15) is 0 Å². The van der Waals surface area contributed by atoms with Crippen LogP contribution in [0.5, 0.6) is 11.5 Å². The Balaban J connectivity index is 0.000000364. The molecular weight excluding hydrogens is 402 g/mol. The van der Waals surface area contributed by atoms with E-state index in [1.54, 1.807) is 12.1 Å². The molecule has 9 heteroatoms. The minimum Gasteiger partial charge on any atom is -0.412 e. The molecule has 21 heavy (non-hydrogen) atoms. The van der Waals surface area contributed by atoms with Crippen molar-refractivity contribution in [1.29, 1.82) is 0 Å². The molecule has 2 aromatic rings. The Hall–Kier alpha value is -1.68. The normalized spacial score (nSPS) is 9.52. The second-order valence-corrected chi connectivity index (χ2v) is 6.60. The summed E-state index contributed by atoms with van der Waals surface area (Å²) in [6, 6.07) is 9.11. The van der Waals surface area contributed by atoms with Gasteiger partial charge in [-0.05, 0) is 0 Å². The summed E-state index contributed by atoms with van der Waals surface area (Å²) in [5, 5.41) is 17.8. The topological polar surface area (TPSA) is 158 Å². The van der Waals surface area contributed by atoms with Crippen molar-refractivity contribution in [3.8, 4) is 11.5 Å². The Morgan fingerprint density at radius 2 is 1.10 bits per heavy atom. The summed E-state index contributed by atoms with van der Waals surface area (Å²) < 4.78 is 22.1. The fourth-order valence-electron chi connectivity index (χ4n) is 1.20. The molecule has 0 amide bonds. The molecule has 0 fully saturated rings. The summed E-state index contributed by atoms with van der Waals surface area (Å²) in [6.07, 6.45) is 0. The molecule has 0 bridgehead atoms. The third kappa shape index (κ3) is 6.08. The van der Waals surface area contributed by atoms with E-state index in [2.05, 4.69) is 0 Å². The molecule has 0 aliphatic carbocycles. The van der Waals surface area contributed by atoms with Crippen LogP contribution in [0, 0.1) is 0 Å². The number of nitrogens with two attached hydrogens (primary N) is 2. The van der Waals surface area contributed by atoms with Gasteiger partial charge in [0.1, 0.15) is 0 Å². The first-order valence-corrected chi connectivity index (χ1v) is 8.72. The average molecular weight is 416 g/mol. The fraction of sp³-hybridized carbons (Fsp3) is 0. The Morgan fingerprint density at radius 3 is 1.33 bits per heavy atom. The van der Waals surface area contributed by atoms with E-state index in [9.17, 15) is 7.48 Å². The van der Waals surface area contributed by atoms with Crippen LogP contribution in [0.15, 0.2) is 36.4 Å². The maximum Gasteiger partial charge on any atom is -0.412 e. The predicted octanol–water partition coefficient (Wildman–Crippen LogP) is -1.53. The Labute approximate surface area is 134 Å². The van der Waals surface area contributed by atoms with Gasteiger partial charge >= 0.3 is 129 Å². The maximum atomic E-state index is 10.4. The first kappa shape index (κ1) is 19.3. The van der Waals surface area contributed by atoms with Crippen LogP contribution in [-0.4, -0.2) is 47.1 Å². The summed E-state index contributed by atoms with van der Waals surface area (Å²) in [5.74, 6) is 0.0804. The van der Waals surface area contributed by atoms with E-state index < -0.39 is 31.4 Å². The predicted molar refractivity (Wildman–Crippen MR) is 80.8 cm³/mol. The standard InChI is InChI=1S/2C6H6AsNO2.H2O/c2*8-5-3-4(7-10)1-2-6(5)9;/h2*1-3,9H,8H2;1H2. The number of hydrogen-bond donors (Lipinski definition) is 4. The Kier molecular flexibility index (Phi) is 8.54. The average Bonchev–Trinajstić information content (AvgIpc) is 2.45. The zero-order valence-corrected chi connectivity index (χ0v) is 14.5. The van der Waals surface area contributed by atoms with Gasteiger partial charge in [-0.3, -0.25) is 0 Å². The van der Waals surface area contributed by atoms with Gasteiger partial charge in [0.25, 0.3) is 0 Å². The van der Waals surface area contributed by atoms with Gasteiger partial charge in [0.15, 0.2) is 0 Å². The number of aromatic hydroxyl groups is 2. The summed E-state index contributed by atoms with van der Waals surface area (Å²) in [5.41, 5.74) is 11.2. The monoisotopic (exact) mass is 416 g/mol. The van der Waals surface area contributed by atoms with Crippen LogP contribution in [-0.2, 0) is 7.48 Å². The largest absolute Gasteiger partial charge is 0.412 e. The molecular formula is C12H14As2N2O5. The van der Waals surface area contributed by atoms with Crippen LogP contribution >= 0.6 is 0 Å². The molecule has 2 rings (SSSR count). The number of nitrogen functional groups attached to an aromatic ring is 2. The zero-order valence-electron chi connectivity index (χ0n) is 10.7. The molecule has 112 valence electrons. The van der Waals surface area contributed by atoms with Crippen LogP contribution in [0.2, 0.25) is 0 Å². The van der Waals surface area contributed by atoms with Crippen molar-refractivity contribution in [3.05, 3.63) is 36.4 Å². The molecule has 0 unspecified atom stereocenters. The first-order valence-electron chi connectivity index (χ1n) is 5.31. The van der Waals surface area contributed by atoms with E-state index in [0.29, 0.717) is 8.70 Å². The van der Waals surface area contributed by atoms with Crippen LogP contribution in [0.1, 0.15) is 0 Å². The van der Waals surface area contributed by atoms with E-state index in [0.717, 1.165) is 0 Å². The van der Waals surface area contributed by atoms with Crippen LogP contribution in [0.3, 0.4) is 0 Å². The fourth-order valence-corrected chi connectivity index (χ4v) is 2.57. The molecule has 0 aliphatic rings. The number of phenols is 2. The summed E-state index contributed by atoms with van der Waals surface area (Å²) in [4.78, 5) is 0. The second kappa shape index (κ2) is 9.29. The van der Waals surface area contributed by atoms with Gasteiger partial charge in [0.05, 0.1) is 0 Å². The molecule has 0 aliphatic heterocycles. The zero-order chi connectivity index (χ0) is 15.1. The Bertz CT molecular complexity index is 582. The minimum atomic E-state index is -1.03. The van der Waals surface area contributed by atoms with Gasteiger partial charge in [-0.25, -0.2) is 0 Å². The van der Waals surface area contributed by atoms with E-state index in [1.807, 2.05) is 0 Å². The quantitative estimate of drug-likeness (QED) is 0.264. The summed E-state index contributed by atoms with van der Waals surface area (Å²) in [7, 11) is 0. The van der Waals surface area contributed by atoms with Crippen molar-refractivity contribution in [2.45, 2.75) is 0 Å². The van der Waals surface area contributed by atoms with E-state index in [1.165, 1.54) is 24.3 Å². The molecule has 0 saturated carbocycles. The van der Waals surface area contributed by atoms with E-state index in [4.69, 9.17) is 21.7 Å². The SMILES string of the molecule is Nc1cc([As]=O)ccc1O.Nc1cc([As]=O)ccc1O.O. The molecule has 0 spiro atoms. The molecule has 0 heterocycles. The molecule has 8 N–H and O–H groups in total. The Morgan fingerprint density at radius 1 is 0.762 bits per heavy atom. The van der Waals surface area contributed by atoms with Gasteiger partial charge < -0.3 is 5.48 Å². The summed E-state index contributed by atoms with van der Waals surface area (Å²) in [6.45, 7) is 0. The number of benzene rings is 2. The maximum absolute atomic E-state index is 10.4. The van der Waals surface area contributed by atoms with Crippen molar-refractivity contribution in [2.75, 3.05) is 11.5 Å². The van der Waals surface area contributed by atoms with Gasteiger partial charge in [-0.1, -0.05) is 0 Å². The van der Waals surface area contributed by atoms with Gasteiger partial charge in [0, 0.05) is 0 Å². The third-order valence-electron chi connectivity index (χ3n) is 2.23. The van der Waals surface area contributed by atoms with Crippen LogP contribution in [0.4, 0.5) is 11.4 Å². The van der Waals surface area contributed by atoms with Crippen LogP contribution in [0.25, 0.3) is 0 Å². The van der Waals surface area contributed by atoms with E-state index >= 15 is 0 Å². The smallest absolute Gasteiger partial charge is 0.412 e. The molecule has 0 radical (unpaired) electrons. The number of phenolic OH excluding ortho intramolecular Hbond substituents is 2. The van der Waals surface area contributed by atoms with Gasteiger partial charge in [-0.15, -0.1) is 0 Å². The van der Waals surface area contributed by atoms with Crippen molar-refractivity contribution in [3.63, 3.8) is 0 Å². The van der Waals surface area contributed by atoms with E-state index in [-0.39, 0.29) is 28.3 Å². The number of rotatable bonds is 2. The van der Waals surface area contributed by atoms with Crippen molar-refractivity contribution in [2.24, 2.45) is 0 Å². The van der Waals surface area contributed by atoms with Crippen molar-refractivity contribution in [1.82, 2.24) is 0 Å². The minimum absolute atomic E-state index is 0. The molecule has 7 nitrogen and oxygen atoms in total. The van der Waals surface area contributed by atoms with Crippen LogP contribution < -0.4 is 20.2 Å². The van der Waals surface area contributed by atoms with Gasteiger partial charge in [0.2, 0.25) is 0 Å². The first-order chi connectivity index (χ1) is 9.47. The van der Waals surface area contributed by atoms with Crippen molar-refractivity contribution < 1.29 is 23.2 Å². The number of hydrogen-bond acceptors (Lipinski definition) is 6. The van der Waals surface area contributed by atoms with Crippen molar-refractivity contribution >= 4 is 51.5 Å². The second-order valence-electron chi connectivity index (χ2n) is 3.67. The molecule has 0 atom stereocenters. The molecule has 0 aromatic heterocycles.